The molecular weight excluding hydrogens is 214 g/mol. The van der Waals surface area contributed by atoms with E-state index in [9.17, 15) is 9.00 Å². The largest absolute Gasteiger partial charge is 0.368 e. The molecule has 0 rings (SSSR count). The van der Waals surface area contributed by atoms with Crippen LogP contribution in [0.2, 0.25) is 0 Å². The van der Waals surface area contributed by atoms with Gasteiger partial charge < -0.3 is 10.1 Å². The van der Waals surface area contributed by atoms with Crippen LogP contribution in [0, 0.1) is 0 Å². The van der Waals surface area contributed by atoms with E-state index in [0.717, 1.165) is 0 Å². The Kier molecular flexibility index (Phi) is 7.60. The molecule has 0 aliphatic rings. The molecule has 0 spiro atoms. The normalized spacial score (nSPS) is 13.2. The molecule has 1 N–H and O–H groups in total. The van der Waals surface area contributed by atoms with Crippen LogP contribution in [0.4, 0.5) is 0 Å². The molecule has 0 aliphatic carbocycles. The summed E-state index contributed by atoms with van der Waals surface area (Å²) in [5, 5.41) is 2.86. The van der Waals surface area contributed by atoms with Crippen LogP contribution in [0.1, 0.15) is 34.1 Å². The number of hydrogen-bond donors (Lipinski definition) is 1. The summed E-state index contributed by atoms with van der Waals surface area (Å²) in [5.74, 6) is 0.187. The van der Waals surface area contributed by atoms with Gasteiger partial charge in [0.2, 0.25) is 5.91 Å². The Morgan fingerprint density at radius 3 is 2.40 bits per heavy atom. The van der Waals surface area contributed by atoms with E-state index < -0.39 is 10.8 Å². The topological polar surface area (TPSA) is 55.4 Å². The first-order valence-corrected chi connectivity index (χ1v) is 6.56. The van der Waals surface area contributed by atoms with Gasteiger partial charge in [-0.3, -0.25) is 9.00 Å². The minimum absolute atomic E-state index is 0.0275. The molecule has 5 heteroatoms. The van der Waals surface area contributed by atoms with Crippen molar-refractivity contribution in [1.29, 1.82) is 0 Å². The van der Waals surface area contributed by atoms with E-state index >= 15 is 0 Å². The maximum atomic E-state index is 11.3. The third-order valence-electron chi connectivity index (χ3n) is 1.65. The highest BCUT2D eigenvalue weighted by Crippen LogP contribution is 1.95. The van der Waals surface area contributed by atoms with Crippen molar-refractivity contribution in [3.05, 3.63) is 0 Å². The first-order chi connectivity index (χ1) is 6.93. The fraction of sp³-hybridized carbons (Fsp3) is 0.900. The van der Waals surface area contributed by atoms with Crippen molar-refractivity contribution in [2.45, 2.75) is 45.4 Å². The quantitative estimate of drug-likeness (QED) is 0.671. The number of hydrogen-bond acceptors (Lipinski definition) is 3. The molecule has 1 atom stereocenters. The molecule has 0 radical (unpaired) electrons. The summed E-state index contributed by atoms with van der Waals surface area (Å²) >= 11 is 0. The molecule has 0 aliphatic heterocycles. The predicted molar refractivity (Wildman–Crippen MR) is 62.0 cm³/mol. The van der Waals surface area contributed by atoms with E-state index in [0.29, 0.717) is 13.0 Å². The van der Waals surface area contributed by atoms with Crippen molar-refractivity contribution in [1.82, 2.24) is 5.32 Å². The maximum Gasteiger partial charge on any atom is 0.222 e. The molecule has 0 saturated carbocycles. The van der Waals surface area contributed by atoms with Gasteiger partial charge in [-0.2, -0.15) is 0 Å². The first-order valence-electron chi connectivity index (χ1n) is 5.17. The van der Waals surface area contributed by atoms with E-state index in [-0.39, 0.29) is 23.1 Å². The molecule has 15 heavy (non-hydrogen) atoms. The number of carbonyl (C=O) groups is 1. The Labute approximate surface area is 94.2 Å². The fourth-order valence-electron chi connectivity index (χ4n) is 0.836. The molecule has 0 saturated heterocycles. The molecule has 1 unspecified atom stereocenters. The van der Waals surface area contributed by atoms with Crippen LogP contribution in [-0.2, 0) is 20.3 Å². The third-order valence-corrected chi connectivity index (χ3v) is 3.10. The van der Waals surface area contributed by atoms with Gasteiger partial charge in [0.15, 0.2) is 0 Å². The molecule has 0 aromatic rings. The maximum absolute atomic E-state index is 11.3. The van der Waals surface area contributed by atoms with Crippen molar-refractivity contribution < 1.29 is 13.7 Å². The number of carbonyl (C=O) groups excluding carboxylic acids is 1. The molecule has 90 valence electrons. The van der Waals surface area contributed by atoms with Gasteiger partial charge >= 0.3 is 0 Å². The lowest BCUT2D eigenvalue weighted by Gasteiger charge is -2.09. The second kappa shape index (κ2) is 7.82. The van der Waals surface area contributed by atoms with Crippen molar-refractivity contribution >= 4 is 16.7 Å². The van der Waals surface area contributed by atoms with Crippen molar-refractivity contribution in [3.8, 4) is 0 Å². The first kappa shape index (κ1) is 14.6. The van der Waals surface area contributed by atoms with Crippen LogP contribution in [0.15, 0.2) is 0 Å². The molecule has 0 aromatic carbocycles. The van der Waals surface area contributed by atoms with E-state index in [1.54, 1.807) is 0 Å². The zero-order chi connectivity index (χ0) is 11.8. The zero-order valence-electron chi connectivity index (χ0n) is 9.91. The van der Waals surface area contributed by atoms with Crippen molar-refractivity contribution in [2.24, 2.45) is 0 Å². The SMILES string of the molecule is CC(C)NC(=O)CCOCS(=O)C(C)C. The molecule has 1 amide bonds. The Hall–Kier alpha value is -0.420. The molecule has 0 fully saturated rings. The summed E-state index contributed by atoms with van der Waals surface area (Å²) in [4.78, 5) is 11.2. The average molecular weight is 235 g/mol. The van der Waals surface area contributed by atoms with Gasteiger partial charge in [0, 0.05) is 22.1 Å². The Morgan fingerprint density at radius 1 is 1.33 bits per heavy atom. The lowest BCUT2D eigenvalue weighted by molar-refractivity contribution is -0.122. The molecule has 4 nitrogen and oxygen atoms in total. The number of ether oxygens (including phenoxy) is 1. The van der Waals surface area contributed by atoms with Gasteiger partial charge in [-0.1, -0.05) is 13.8 Å². The second-order valence-electron chi connectivity index (χ2n) is 3.93. The lowest BCUT2D eigenvalue weighted by atomic mass is 10.3. The number of amides is 1. The van der Waals surface area contributed by atoms with E-state index in [4.69, 9.17) is 4.74 Å². The van der Waals surface area contributed by atoms with Crippen LogP contribution in [0.5, 0.6) is 0 Å². The lowest BCUT2D eigenvalue weighted by Crippen LogP contribution is -2.30. The standard InChI is InChI=1S/C10H21NO3S/c1-8(2)11-10(12)5-6-14-7-15(13)9(3)4/h8-9H,5-7H2,1-4H3,(H,11,12). The summed E-state index contributed by atoms with van der Waals surface area (Å²) in [7, 11) is -0.951. The Morgan fingerprint density at radius 2 is 1.93 bits per heavy atom. The highest BCUT2D eigenvalue weighted by Gasteiger charge is 2.06. The fourth-order valence-corrected chi connectivity index (χ4v) is 1.39. The van der Waals surface area contributed by atoms with Gasteiger partial charge in [0.05, 0.1) is 13.0 Å². The summed E-state index contributed by atoms with van der Waals surface area (Å²) in [6.07, 6.45) is 0.327. The van der Waals surface area contributed by atoms with Crippen LogP contribution in [0.3, 0.4) is 0 Å². The van der Waals surface area contributed by atoms with Gasteiger partial charge in [-0.05, 0) is 13.8 Å². The molecule has 0 bridgehead atoms. The minimum atomic E-state index is -0.951. The highest BCUT2D eigenvalue weighted by molar-refractivity contribution is 7.85. The number of nitrogens with one attached hydrogen (secondary N) is 1. The van der Waals surface area contributed by atoms with Crippen LogP contribution in [0.25, 0.3) is 0 Å². The van der Waals surface area contributed by atoms with Crippen molar-refractivity contribution in [3.63, 3.8) is 0 Å². The summed E-state index contributed by atoms with van der Waals surface area (Å²) in [6.45, 7) is 7.91. The van der Waals surface area contributed by atoms with E-state index in [2.05, 4.69) is 5.32 Å². The average Bonchev–Trinajstić information content (AvgIpc) is 2.10. The summed E-state index contributed by atoms with van der Waals surface area (Å²) in [6, 6.07) is 0.155. The summed E-state index contributed by atoms with van der Waals surface area (Å²) in [5.41, 5.74) is 0. The van der Waals surface area contributed by atoms with Gasteiger partial charge in [0.25, 0.3) is 0 Å². The number of rotatable bonds is 7. The zero-order valence-corrected chi connectivity index (χ0v) is 10.7. The van der Waals surface area contributed by atoms with Gasteiger partial charge in [-0.15, -0.1) is 0 Å². The Bertz CT molecular complexity index is 217. The smallest absolute Gasteiger partial charge is 0.222 e. The van der Waals surface area contributed by atoms with Crippen LogP contribution in [-0.4, -0.2) is 34.0 Å². The highest BCUT2D eigenvalue weighted by atomic mass is 32.2. The predicted octanol–water partition coefficient (Wildman–Crippen LogP) is 1.03. The molecular formula is C10H21NO3S. The van der Waals surface area contributed by atoms with Gasteiger partial charge in [-0.25, -0.2) is 0 Å². The molecule has 0 aromatic heterocycles. The van der Waals surface area contributed by atoms with E-state index in [1.165, 1.54) is 0 Å². The molecule has 0 heterocycles. The van der Waals surface area contributed by atoms with Crippen molar-refractivity contribution in [2.75, 3.05) is 12.5 Å². The van der Waals surface area contributed by atoms with Gasteiger partial charge in [0.1, 0.15) is 5.94 Å². The monoisotopic (exact) mass is 235 g/mol. The van der Waals surface area contributed by atoms with Crippen LogP contribution < -0.4 is 5.32 Å². The second-order valence-corrected chi connectivity index (χ2v) is 5.87. The third kappa shape index (κ3) is 8.57. The minimum Gasteiger partial charge on any atom is -0.368 e. The summed E-state index contributed by atoms with van der Waals surface area (Å²) < 4.78 is 16.4. The van der Waals surface area contributed by atoms with Crippen LogP contribution >= 0.6 is 0 Å². The Balaban J connectivity index is 3.46. The van der Waals surface area contributed by atoms with E-state index in [1.807, 2.05) is 27.7 Å².